The van der Waals surface area contributed by atoms with Crippen LogP contribution in [0, 0.1) is 17.7 Å². The van der Waals surface area contributed by atoms with Crippen LogP contribution in [0.4, 0.5) is 10.1 Å². The fourth-order valence-electron chi connectivity index (χ4n) is 2.71. The molecule has 1 fully saturated rings. The molecule has 1 saturated heterocycles. The highest BCUT2D eigenvalue weighted by atomic mass is 19.1. The van der Waals surface area contributed by atoms with Crippen LogP contribution in [0.1, 0.15) is 0 Å². The number of fused-ring (bicyclic) bond motifs is 2. The quantitative estimate of drug-likeness (QED) is 0.819. The van der Waals surface area contributed by atoms with Crippen molar-refractivity contribution in [2.75, 3.05) is 5.32 Å². The van der Waals surface area contributed by atoms with Crippen molar-refractivity contribution in [3.05, 3.63) is 42.2 Å². The van der Waals surface area contributed by atoms with Crippen molar-refractivity contribution in [1.29, 1.82) is 0 Å². The van der Waals surface area contributed by atoms with Gasteiger partial charge in [-0.25, -0.2) is 4.39 Å². The lowest BCUT2D eigenvalue weighted by atomic mass is 9.82. The van der Waals surface area contributed by atoms with E-state index < -0.39 is 41.7 Å². The topological polar surface area (TPSA) is 75.6 Å². The average molecular weight is 277 g/mol. The molecule has 4 atom stereocenters. The van der Waals surface area contributed by atoms with Gasteiger partial charge in [-0.2, -0.15) is 0 Å². The summed E-state index contributed by atoms with van der Waals surface area (Å²) in [6.07, 6.45) is 2.26. The van der Waals surface area contributed by atoms with Gasteiger partial charge in [0.15, 0.2) is 0 Å². The molecule has 1 aromatic rings. The van der Waals surface area contributed by atoms with Crippen LogP contribution in [0.25, 0.3) is 0 Å². The fraction of sp³-hybridized carbons (Fsp3) is 0.286. The number of anilines is 1. The summed E-state index contributed by atoms with van der Waals surface area (Å²) in [6.45, 7) is 0. The van der Waals surface area contributed by atoms with Gasteiger partial charge < -0.3 is 15.2 Å². The van der Waals surface area contributed by atoms with Gasteiger partial charge in [-0.3, -0.25) is 9.59 Å². The molecule has 2 aliphatic rings. The molecule has 0 unspecified atom stereocenters. The minimum atomic E-state index is -1.07. The normalized spacial score (nSPS) is 30.4. The van der Waals surface area contributed by atoms with Crippen LogP contribution in [0.5, 0.6) is 0 Å². The van der Waals surface area contributed by atoms with E-state index in [0.29, 0.717) is 5.69 Å². The molecule has 0 saturated carbocycles. The van der Waals surface area contributed by atoms with Crippen LogP contribution in [0.3, 0.4) is 0 Å². The van der Waals surface area contributed by atoms with Crippen LogP contribution in [0.2, 0.25) is 0 Å². The Labute approximate surface area is 114 Å². The summed E-state index contributed by atoms with van der Waals surface area (Å²) in [5, 5.41) is 11.7. The summed E-state index contributed by atoms with van der Waals surface area (Å²) in [7, 11) is 0. The number of amides is 1. The molecule has 0 radical (unpaired) electrons. The van der Waals surface area contributed by atoms with E-state index >= 15 is 0 Å². The molecule has 1 amide bonds. The van der Waals surface area contributed by atoms with Crippen molar-refractivity contribution in [3.8, 4) is 0 Å². The maximum Gasteiger partial charge on any atom is 0.310 e. The van der Waals surface area contributed by atoms with E-state index in [4.69, 9.17) is 4.74 Å². The number of carboxylic acids is 1. The Morgan fingerprint density at radius 1 is 1.20 bits per heavy atom. The smallest absolute Gasteiger partial charge is 0.310 e. The molecule has 2 bridgehead atoms. The van der Waals surface area contributed by atoms with Crippen molar-refractivity contribution in [3.63, 3.8) is 0 Å². The monoisotopic (exact) mass is 277 g/mol. The van der Waals surface area contributed by atoms with Gasteiger partial charge in [0.25, 0.3) is 0 Å². The van der Waals surface area contributed by atoms with E-state index in [9.17, 15) is 19.1 Å². The van der Waals surface area contributed by atoms with E-state index in [-0.39, 0.29) is 0 Å². The summed E-state index contributed by atoms with van der Waals surface area (Å²) in [5.74, 6) is -3.72. The Morgan fingerprint density at radius 3 is 2.55 bits per heavy atom. The predicted octanol–water partition coefficient (Wildman–Crippen LogP) is 1.42. The largest absolute Gasteiger partial charge is 0.481 e. The Morgan fingerprint density at radius 2 is 1.90 bits per heavy atom. The molecule has 6 heteroatoms. The molecule has 2 N–H and O–H groups in total. The number of halogens is 1. The van der Waals surface area contributed by atoms with Gasteiger partial charge in [-0.1, -0.05) is 18.2 Å². The lowest BCUT2D eigenvalue weighted by molar-refractivity contribution is -0.145. The number of hydrogen-bond donors (Lipinski definition) is 2. The summed E-state index contributed by atoms with van der Waals surface area (Å²) in [6, 6.07) is 5.45. The van der Waals surface area contributed by atoms with Crippen molar-refractivity contribution >= 4 is 17.6 Å². The maximum absolute atomic E-state index is 13.1. The molecule has 20 heavy (non-hydrogen) atoms. The van der Waals surface area contributed by atoms with Gasteiger partial charge in [0.2, 0.25) is 5.91 Å². The highest BCUT2D eigenvalue weighted by Gasteiger charge is 2.53. The molecule has 2 heterocycles. The molecule has 0 spiro atoms. The van der Waals surface area contributed by atoms with Crippen LogP contribution in [-0.4, -0.2) is 29.2 Å². The van der Waals surface area contributed by atoms with Crippen LogP contribution in [0.15, 0.2) is 36.4 Å². The van der Waals surface area contributed by atoms with Gasteiger partial charge in [0.1, 0.15) is 11.7 Å². The van der Waals surface area contributed by atoms with Gasteiger partial charge in [-0.15, -0.1) is 0 Å². The average Bonchev–Trinajstić information content (AvgIpc) is 2.98. The molecule has 0 aromatic heterocycles. The van der Waals surface area contributed by atoms with E-state index in [1.54, 1.807) is 18.2 Å². The number of aliphatic carboxylic acids is 1. The van der Waals surface area contributed by atoms with Gasteiger partial charge in [-0.05, 0) is 18.2 Å². The first-order valence-electron chi connectivity index (χ1n) is 6.19. The molecule has 5 nitrogen and oxygen atoms in total. The molecule has 3 rings (SSSR count). The number of ether oxygens (including phenoxy) is 1. The second kappa shape index (κ2) is 4.72. The van der Waals surface area contributed by atoms with Crippen molar-refractivity contribution in [2.45, 2.75) is 12.2 Å². The second-order valence-corrected chi connectivity index (χ2v) is 4.84. The lowest BCUT2D eigenvalue weighted by Gasteiger charge is -2.20. The number of hydrogen-bond acceptors (Lipinski definition) is 3. The standard InChI is InChI=1S/C14H12FNO4/c15-7-2-1-3-8(6-7)16-13(17)11-9-4-5-10(20-9)12(11)14(18)19/h1-6,9-12H,(H,16,17)(H,18,19)/t9-,10+,11+,12-/m1/s1. The third-order valence-electron chi connectivity index (χ3n) is 3.58. The van der Waals surface area contributed by atoms with E-state index in [0.717, 1.165) is 0 Å². The predicted molar refractivity (Wildman–Crippen MR) is 67.4 cm³/mol. The van der Waals surface area contributed by atoms with Crippen molar-refractivity contribution in [1.82, 2.24) is 0 Å². The number of carbonyl (C=O) groups is 2. The molecule has 1 aromatic carbocycles. The fourth-order valence-corrected chi connectivity index (χ4v) is 2.71. The SMILES string of the molecule is O=C(Nc1cccc(F)c1)[C@@H]1[C@H](C(=O)O)[C@@H]2C=C[C@H]1O2. The Balaban J connectivity index is 1.80. The maximum atomic E-state index is 13.1. The van der Waals surface area contributed by atoms with Gasteiger partial charge >= 0.3 is 5.97 Å². The zero-order valence-electron chi connectivity index (χ0n) is 10.3. The number of carboxylic acid groups (broad SMARTS) is 1. The van der Waals surface area contributed by atoms with Gasteiger partial charge in [0.05, 0.1) is 18.1 Å². The number of benzene rings is 1. The highest BCUT2D eigenvalue weighted by molar-refractivity contribution is 5.96. The van der Waals surface area contributed by atoms with E-state index in [1.165, 1.54) is 18.2 Å². The van der Waals surface area contributed by atoms with Crippen LogP contribution < -0.4 is 5.32 Å². The third kappa shape index (κ3) is 2.08. The van der Waals surface area contributed by atoms with Crippen molar-refractivity contribution < 1.29 is 23.8 Å². The zero-order chi connectivity index (χ0) is 14.3. The Kier molecular flexibility index (Phi) is 3.02. The molecular weight excluding hydrogens is 265 g/mol. The first kappa shape index (κ1) is 12.8. The number of nitrogens with one attached hydrogen (secondary N) is 1. The summed E-state index contributed by atoms with van der Waals surface area (Å²) in [5.41, 5.74) is 0.297. The number of rotatable bonds is 3. The summed E-state index contributed by atoms with van der Waals surface area (Å²) in [4.78, 5) is 23.5. The minimum Gasteiger partial charge on any atom is -0.481 e. The second-order valence-electron chi connectivity index (χ2n) is 4.84. The van der Waals surface area contributed by atoms with Crippen LogP contribution >= 0.6 is 0 Å². The third-order valence-corrected chi connectivity index (χ3v) is 3.58. The highest BCUT2D eigenvalue weighted by Crippen LogP contribution is 2.39. The zero-order valence-corrected chi connectivity index (χ0v) is 10.3. The van der Waals surface area contributed by atoms with Crippen molar-refractivity contribution in [2.24, 2.45) is 11.8 Å². The molecule has 0 aliphatic carbocycles. The summed E-state index contributed by atoms with van der Waals surface area (Å²) < 4.78 is 18.5. The van der Waals surface area contributed by atoms with Crippen LogP contribution in [-0.2, 0) is 14.3 Å². The minimum absolute atomic E-state index is 0.297. The molecule has 2 aliphatic heterocycles. The van der Waals surface area contributed by atoms with E-state index in [1.807, 2.05) is 0 Å². The first-order valence-corrected chi connectivity index (χ1v) is 6.19. The van der Waals surface area contributed by atoms with E-state index in [2.05, 4.69) is 5.32 Å². The first-order chi connectivity index (χ1) is 9.56. The van der Waals surface area contributed by atoms with Gasteiger partial charge in [0, 0.05) is 5.69 Å². The molecular formula is C14H12FNO4. The lowest BCUT2D eigenvalue weighted by Crippen LogP contribution is -2.39. The number of carbonyl (C=O) groups excluding carboxylic acids is 1. The Bertz CT molecular complexity index is 601. The Hall–Kier alpha value is -2.21. The molecule has 104 valence electrons. The summed E-state index contributed by atoms with van der Waals surface area (Å²) >= 11 is 0.